The van der Waals surface area contributed by atoms with Crippen LogP contribution in [-0.2, 0) is 14.3 Å². The van der Waals surface area contributed by atoms with Crippen LogP contribution in [0.1, 0.15) is 49.1 Å². The average Bonchev–Trinajstić information content (AvgIpc) is 3.49. The van der Waals surface area contributed by atoms with Crippen LogP contribution in [0.15, 0.2) is 48.5 Å². The normalized spacial score (nSPS) is 16.7. The maximum Gasteiger partial charge on any atom is 0.407 e. The lowest BCUT2D eigenvalue weighted by Crippen LogP contribution is -2.58. The summed E-state index contributed by atoms with van der Waals surface area (Å²) in [6.07, 6.45) is 4.02. The zero-order valence-corrected chi connectivity index (χ0v) is 21.0. The summed E-state index contributed by atoms with van der Waals surface area (Å²) in [6, 6.07) is 15.3. The third-order valence-corrected chi connectivity index (χ3v) is 7.99. The van der Waals surface area contributed by atoms with Gasteiger partial charge in [-0.1, -0.05) is 61.4 Å². The summed E-state index contributed by atoms with van der Waals surface area (Å²) < 4.78 is 5.63. The summed E-state index contributed by atoms with van der Waals surface area (Å²) in [4.78, 5) is 39.6. The molecule has 0 heterocycles. The molecular weight excluding hydrogens is 464 g/mol. The highest BCUT2D eigenvalue weighted by Gasteiger charge is 2.48. The van der Waals surface area contributed by atoms with Crippen LogP contribution in [0.25, 0.3) is 11.1 Å². The van der Waals surface area contributed by atoms with Crippen LogP contribution >= 0.6 is 11.8 Å². The Morgan fingerprint density at radius 2 is 1.66 bits per heavy atom. The Labute approximate surface area is 210 Å². The molecule has 0 radical (unpaired) electrons. The first-order chi connectivity index (χ1) is 16.9. The lowest BCUT2D eigenvalue weighted by Gasteiger charge is -2.37. The van der Waals surface area contributed by atoms with Gasteiger partial charge >= 0.3 is 12.1 Å². The minimum absolute atomic E-state index is 0.0788. The molecule has 0 bridgehead atoms. The largest absolute Gasteiger partial charge is 0.479 e. The van der Waals surface area contributed by atoms with Crippen molar-refractivity contribution in [3.8, 4) is 11.1 Å². The van der Waals surface area contributed by atoms with Crippen molar-refractivity contribution in [3.05, 3.63) is 59.7 Å². The number of amides is 2. The summed E-state index contributed by atoms with van der Waals surface area (Å²) in [5.74, 6) is -0.814. The highest BCUT2D eigenvalue weighted by Crippen LogP contribution is 2.44. The fraction of sp³-hybridized carbons (Fsp3) is 0.444. The van der Waals surface area contributed by atoms with E-state index in [4.69, 9.17) is 4.74 Å². The number of likely N-dealkylation sites (N-methyl/N-ethyl adjacent to an activating group) is 1. The van der Waals surface area contributed by atoms with Crippen LogP contribution < -0.4 is 5.32 Å². The second kappa shape index (κ2) is 10.7. The van der Waals surface area contributed by atoms with Gasteiger partial charge in [-0.3, -0.25) is 4.79 Å². The van der Waals surface area contributed by atoms with E-state index in [0.29, 0.717) is 25.0 Å². The van der Waals surface area contributed by atoms with Crippen LogP contribution in [0.4, 0.5) is 4.79 Å². The molecular formula is C27H32N2O5S. The number of carboxylic acid groups (broad SMARTS) is 1. The van der Waals surface area contributed by atoms with E-state index < -0.39 is 29.6 Å². The molecule has 4 rings (SSSR count). The number of ether oxygens (including phenoxy) is 1. The number of hydrogen-bond acceptors (Lipinski definition) is 5. The molecule has 0 saturated heterocycles. The smallest absolute Gasteiger partial charge is 0.407 e. The third-order valence-electron chi connectivity index (χ3n) is 7.35. The summed E-state index contributed by atoms with van der Waals surface area (Å²) in [6.45, 7) is 0.151. The van der Waals surface area contributed by atoms with Crippen molar-refractivity contribution in [2.75, 3.05) is 25.7 Å². The standard InChI is InChI=1S/C27H32N2O5S/c1-29(27(25(31)32)14-7-8-15-27)24(30)23(13-16-35-2)28-26(33)34-17-22-20-11-5-3-9-18(20)19-10-4-6-12-21(19)22/h3-6,9-12,22-23H,7-8,13-17H2,1-2H3,(H,28,33)(H,31,32)/t23-/m0/s1. The number of alkyl carbamates (subject to hydrolysis) is 1. The Morgan fingerprint density at radius 1 is 1.09 bits per heavy atom. The van der Waals surface area contributed by atoms with Crippen molar-refractivity contribution < 1.29 is 24.2 Å². The molecule has 2 aromatic carbocycles. The van der Waals surface area contributed by atoms with Crippen molar-refractivity contribution in [3.63, 3.8) is 0 Å². The molecule has 186 valence electrons. The van der Waals surface area contributed by atoms with E-state index in [1.165, 1.54) is 11.9 Å². The number of nitrogens with zero attached hydrogens (tertiary/aromatic N) is 1. The molecule has 2 aromatic rings. The van der Waals surface area contributed by atoms with E-state index in [1.807, 2.05) is 42.7 Å². The third kappa shape index (κ3) is 4.89. The molecule has 2 aliphatic rings. The van der Waals surface area contributed by atoms with Gasteiger partial charge in [0.05, 0.1) is 0 Å². The minimum atomic E-state index is -1.21. The highest BCUT2D eigenvalue weighted by atomic mass is 32.2. The highest BCUT2D eigenvalue weighted by molar-refractivity contribution is 7.98. The first-order valence-corrected chi connectivity index (χ1v) is 13.4. The van der Waals surface area contributed by atoms with Crippen LogP contribution in [0.3, 0.4) is 0 Å². The summed E-state index contributed by atoms with van der Waals surface area (Å²) >= 11 is 1.56. The lowest BCUT2D eigenvalue weighted by molar-refractivity contribution is -0.158. The Kier molecular flexibility index (Phi) is 7.69. The second-order valence-electron chi connectivity index (χ2n) is 9.25. The number of aliphatic carboxylic acids is 1. The number of thioether (sulfide) groups is 1. The Balaban J connectivity index is 1.45. The number of hydrogen-bond donors (Lipinski definition) is 2. The summed E-state index contributed by atoms with van der Waals surface area (Å²) in [7, 11) is 1.53. The van der Waals surface area contributed by atoms with Crippen LogP contribution in [0, 0.1) is 0 Å². The molecule has 35 heavy (non-hydrogen) atoms. The number of rotatable bonds is 9. The first kappa shape index (κ1) is 25.1. The monoisotopic (exact) mass is 496 g/mol. The number of carbonyl (C=O) groups is 3. The van der Waals surface area contributed by atoms with Gasteiger partial charge in [0.15, 0.2) is 0 Å². The van der Waals surface area contributed by atoms with Gasteiger partial charge in [-0.05, 0) is 53.5 Å². The van der Waals surface area contributed by atoms with E-state index in [0.717, 1.165) is 35.1 Å². The topological polar surface area (TPSA) is 95.9 Å². The molecule has 2 aliphatic carbocycles. The van der Waals surface area contributed by atoms with Gasteiger partial charge in [-0.15, -0.1) is 0 Å². The fourth-order valence-electron chi connectivity index (χ4n) is 5.37. The van der Waals surface area contributed by atoms with Crippen molar-refractivity contribution >= 4 is 29.7 Å². The van der Waals surface area contributed by atoms with Gasteiger partial charge in [0.2, 0.25) is 5.91 Å². The van der Waals surface area contributed by atoms with E-state index in [1.54, 1.807) is 11.8 Å². The Morgan fingerprint density at radius 3 is 2.20 bits per heavy atom. The number of nitrogens with one attached hydrogen (secondary N) is 1. The van der Waals surface area contributed by atoms with Crippen molar-refractivity contribution in [1.29, 1.82) is 0 Å². The van der Waals surface area contributed by atoms with Gasteiger partial charge in [-0.2, -0.15) is 11.8 Å². The van der Waals surface area contributed by atoms with E-state index >= 15 is 0 Å². The summed E-state index contributed by atoms with van der Waals surface area (Å²) in [5.41, 5.74) is 3.30. The van der Waals surface area contributed by atoms with Crippen molar-refractivity contribution in [2.24, 2.45) is 0 Å². The maximum atomic E-state index is 13.4. The number of fused-ring (bicyclic) bond motifs is 3. The molecule has 1 fully saturated rings. The Hall–Kier alpha value is -3.00. The molecule has 0 aliphatic heterocycles. The predicted octanol–water partition coefficient (Wildman–Crippen LogP) is 4.50. The number of carboxylic acids is 1. The molecule has 2 amide bonds. The number of carbonyl (C=O) groups excluding carboxylic acids is 2. The molecule has 1 atom stereocenters. The van der Waals surface area contributed by atoms with E-state index in [2.05, 4.69) is 17.4 Å². The van der Waals surface area contributed by atoms with Gasteiger partial charge in [0, 0.05) is 13.0 Å². The van der Waals surface area contributed by atoms with Crippen molar-refractivity contribution in [1.82, 2.24) is 10.2 Å². The molecule has 7 nitrogen and oxygen atoms in total. The van der Waals surface area contributed by atoms with Gasteiger partial charge in [-0.25, -0.2) is 9.59 Å². The second-order valence-corrected chi connectivity index (χ2v) is 10.2. The zero-order chi connectivity index (χ0) is 25.0. The summed E-state index contributed by atoms with van der Waals surface area (Å²) in [5, 5.41) is 12.6. The molecule has 2 N–H and O–H groups in total. The van der Waals surface area contributed by atoms with Crippen LogP contribution in [0.5, 0.6) is 0 Å². The van der Waals surface area contributed by atoms with Crippen LogP contribution in [0.2, 0.25) is 0 Å². The molecule has 0 spiro atoms. The quantitative estimate of drug-likeness (QED) is 0.531. The maximum absolute atomic E-state index is 13.4. The van der Waals surface area contributed by atoms with Gasteiger partial charge in [0.25, 0.3) is 0 Å². The first-order valence-electron chi connectivity index (χ1n) is 12.0. The fourth-order valence-corrected chi connectivity index (χ4v) is 5.84. The molecule has 0 unspecified atom stereocenters. The molecule has 0 aromatic heterocycles. The Bertz CT molecular complexity index is 1050. The SMILES string of the molecule is CSCC[C@H](NC(=O)OCC1c2ccccc2-c2ccccc21)C(=O)N(C)C1(C(=O)O)CCCC1. The molecule has 8 heteroatoms. The van der Waals surface area contributed by atoms with Gasteiger partial charge in [0.1, 0.15) is 18.2 Å². The van der Waals surface area contributed by atoms with Crippen LogP contribution in [-0.4, -0.2) is 65.2 Å². The lowest BCUT2D eigenvalue weighted by atomic mass is 9.94. The van der Waals surface area contributed by atoms with Gasteiger partial charge < -0.3 is 20.1 Å². The molecule has 1 saturated carbocycles. The predicted molar refractivity (Wildman–Crippen MR) is 137 cm³/mol. The van der Waals surface area contributed by atoms with E-state index in [9.17, 15) is 19.5 Å². The van der Waals surface area contributed by atoms with E-state index in [-0.39, 0.29) is 12.5 Å². The average molecular weight is 497 g/mol. The number of benzene rings is 2. The minimum Gasteiger partial charge on any atom is -0.479 e. The van der Waals surface area contributed by atoms with Crippen molar-refractivity contribution in [2.45, 2.75) is 49.6 Å². The zero-order valence-electron chi connectivity index (χ0n) is 20.2.